The zero-order valence-corrected chi connectivity index (χ0v) is 19.7. The minimum absolute atomic E-state index is 0.0649. The molecule has 3 saturated heterocycles. The SMILES string of the molecule is CC1CCCN1C1CCN(c2ccc(NC(=O)c3ccc(CN4CCOCC4)cc3)cc2)C1. The van der Waals surface area contributed by atoms with Gasteiger partial charge < -0.3 is 15.0 Å². The fourth-order valence-electron chi connectivity index (χ4n) is 5.48. The molecular formula is C27H36N4O2. The van der Waals surface area contributed by atoms with E-state index in [1.165, 1.54) is 37.1 Å². The predicted molar refractivity (Wildman–Crippen MR) is 133 cm³/mol. The summed E-state index contributed by atoms with van der Waals surface area (Å²) in [5, 5.41) is 3.04. The topological polar surface area (TPSA) is 48.0 Å². The van der Waals surface area contributed by atoms with Gasteiger partial charge in [0.2, 0.25) is 0 Å². The summed E-state index contributed by atoms with van der Waals surface area (Å²) in [7, 11) is 0. The first kappa shape index (κ1) is 22.4. The molecule has 0 aromatic heterocycles. The van der Waals surface area contributed by atoms with E-state index in [0.29, 0.717) is 11.6 Å². The highest BCUT2D eigenvalue weighted by Gasteiger charge is 2.32. The van der Waals surface area contributed by atoms with Crippen molar-refractivity contribution < 1.29 is 9.53 Å². The fraction of sp³-hybridized carbons (Fsp3) is 0.519. The van der Waals surface area contributed by atoms with Crippen molar-refractivity contribution in [3.8, 4) is 0 Å². The number of amides is 1. The maximum Gasteiger partial charge on any atom is 0.255 e. The molecule has 5 rings (SSSR count). The third-order valence-corrected chi connectivity index (χ3v) is 7.45. The van der Waals surface area contributed by atoms with Gasteiger partial charge in [0.15, 0.2) is 0 Å². The molecule has 2 aromatic rings. The standard InChI is InChI=1S/C27H36N4O2/c1-21-3-2-13-31(21)26-12-14-30(20-26)25-10-8-24(9-11-25)28-27(32)23-6-4-22(5-7-23)19-29-15-17-33-18-16-29/h4-11,21,26H,2-3,12-20H2,1H3,(H,28,32). The van der Waals surface area contributed by atoms with E-state index in [1.54, 1.807) is 0 Å². The Morgan fingerprint density at radius 1 is 0.970 bits per heavy atom. The van der Waals surface area contributed by atoms with E-state index in [9.17, 15) is 4.79 Å². The number of ether oxygens (including phenoxy) is 1. The molecule has 2 atom stereocenters. The smallest absolute Gasteiger partial charge is 0.255 e. The summed E-state index contributed by atoms with van der Waals surface area (Å²) in [5.41, 5.74) is 4.00. The average Bonchev–Trinajstić information content (AvgIpc) is 3.50. The van der Waals surface area contributed by atoms with Crippen LogP contribution in [0.2, 0.25) is 0 Å². The van der Waals surface area contributed by atoms with Crippen molar-refractivity contribution in [3.05, 3.63) is 59.7 Å². The van der Waals surface area contributed by atoms with Crippen molar-refractivity contribution >= 4 is 17.3 Å². The van der Waals surface area contributed by atoms with E-state index in [4.69, 9.17) is 4.74 Å². The molecule has 33 heavy (non-hydrogen) atoms. The maximum atomic E-state index is 12.7. The van der Waals surface area contributed by atoms with Crippen LogP contribution in [0, 0.1) is 0 Å². The van der Waals surface area contributed by atoms with Crippen molar-refractivity contribution in [1.82, 2.24) is 9.80 Å². The number of hydrogen-bond donors (Lipinski definition) is 1. The van der Waals surface area contributed by atoms with Gasteiger partial charge in [-0.05, 0) is 74.7 Å². The maximum absolute atomic E-state index is 12.7. The first-order valence-electron chi connectivity index (χ1n) is 12.5. The Morgan fingerprint density at radius 2 is 1.73 bits per heavy atom. The number of carbonyl (C=O) groups is 1. The largest absolute Gasteiger partial charge is 0.379 e. The molecule has 1 N–H and O–H groups in total. The monoisotopic (exact) mass is 448 g/mol. The average molecular weight is 449 g/mol. The fourth-order valence-corrected chi connectivity index (χ4v) is 5.48. The molecule has 6 nitrogen and oxygen atoms in total. The number of rotatable bonds is 6. The molecule has 0 radical (unpaired) electrons. The number of nitrogens with zero attached hydrogens (tertiary/aromatic N) is 3. The molecule has 176 valence electrons. The van der Waals surface area contributed by atoms with Gasteiger partial charge in [-0.15, -0.1) is 0 Å². The van der Waals surface area contributed by atoms with Crippen molar-refractivity contribution in [3.63, 3.8) is 0 Å². The molecule has 3 aliphatic rings. The summed E-state index contributed by atoms with van der Waals surface area (Å²) in [5.74, 6) is -0.0649. The van der Waals surface area contributed by atoms with E-state index in [2.05, 4.69) is 51.2 Å². The van der Waals surface area contributed by atoms with Crippen LogP contribution >= 0.6 is 0 Å². The number of nitrogens with one attached hydrogen (secondary N) is 1. The zero-order valence-electron chi connectivity index (χ0n) is 19.7. The van der Waals surface area contributed by atoms with Crippen LogP contribution in [-0.2, 0) is 11.3 Å². The second-order valence-electron chi connectivity index (χ2n) is 9.70. The molecule has 2 unspecified atom stereocenters. The second-order valence-corrected chi connectivity index (χ2v) is 9.70. The minimum Gasteiger partial charge on any atom is -0.379 e. The van der Waals surface area contributed by atoms with Gasteiger partial charge in [-0.2, -0.15) is 0 Å². The molecule has 0 bridgehead atoms. The first-order chi connectivity index (χ1) is 16.2. The van der Waals surface area contributed by atoms with E-state index in [0.717, 1.165) is 57.7 Å². The Labute approximate surface area is 197 Å². The summed E-state index contributed by atoms with van der Waals surface area (Å²) in [4.78, 5) is 20.3. The van der Waals surface area contributed by atoms with Crippen molar-refractivity contribution in [1.29, 1.82) is 0 Å². The van der Waals surface area contributed by atoms with Crippen LogP contribution in [0.4, 0.5) is 11.4 Å². The second kappa shape index (κ2) is 10.2. The highest BCUT2D eigenvalue weighted by atomic mass is 16.5. The first-order valence-corrected chi connectivity index (χ1v) is 12.5. The Balaban J connectivity index is 1.14. The van der Waals surface area contributed by atoms with Gasteiger partial charge in [0.05, 0.1) is 13.2 Å². The summed E-state index contributed by atoms with van der Waals surface area (Å²) >= 11 is 0. The minimum atomic E-state index is -0.0649. The normalized spacial score (nSPS) is 24.3. The molecule has 3 aliphatic heterocycles. The van der Waals surface area contributed by atoms with Crippen molar-refractivity contribution in [2.75, 3.05) is 56.2 Å². The molecule has 3 heterocycles. The van der Waals surface area contributed by atoms with Crippen LogP contribution in [0.1, 0.15) is 42.1 Å². The molecule has 2 aromatic carbocycles. The Bertz CT molecular complexity index is 924. The number of morpholine rings is 1. The number of anilines is 2. The van der Waals surface area contributed by atoms with E-state index in [1.807, 2.05) is 24.3 Å². The quantitative estimate of drug-likeness (QED) is 0.728. The summed E-state index contributed by atoms with van der Waals surface area (Å²) in [6, 6.07) is 17.7. The van der Waals surface area contributed by atoms with E-state index >= 15 is 0 Å². The van der Waals surface area contributed by atoms with Crippen LogP contribution in [0.3, 0.4) is 0 Å². The molecule has 6 heteroatoms. The molecule has 1 amide bonds. The van der Waals surface area contributed by atoms with Crippen LogP contribution in [-0.4, -0.2) is 73.7 Å². The molecule has 0 saturated carbocycles. The van der Waals surface area contributed by atoms with Gasteiger partial charge >= 0.3 is 0 Å². The lowest BCUT2D eigenvalue weighted by atomic mass is 10.1. The number of benzene rings is 2. The third kappa shape index (κ3) is 5.40. The van der Waals surface area contributed by atoms with Crippen LogP contribution in [0.15, 0.2) is 48.5 Å². The Kier molecular flexibility index (Phi) is 6.95. The van der Waals surface area contributed by atoms with Crippen molar-refractivity contribution in [2.24, 2.45) is 0 Å². The number of hydrogen-bond acceptors (Lipinski definition) is 5. The summed E-state index contributed by atoms with van der Waals surface area (Å²) in [6.45, 7) is 10.3. The highest BCUT2D eigenvalue weighted by molar-refractivity contribution is 6.04. The number of likely N-dealkylation sites (tertiary alicyclic amines) is 1. The van der Waals surface area contributed by atoms with E-state index < -0.39 is 0 Å². The van der Waals surface area contributed by atoms with E-state index in [-0.39, 0.29) is 5.91 Å². The third-order valence-electron chi connectivity index (χ3n) is 7.45. The van der Waals surface area contributed by atoms with Gasteiger partial charge in [0, 0.05) is 61.7 Å². The summed E-state index contributed by atoms with van der Waals surface area (Å²) < 4.78 is 5.41. The van der Waals surface area contributed by atoms with Crippen LogP contribution in [0.5, 0.6) is 0 Å². The van der Waals surface area contributed by atoms with Gasteiger partial charge in [-0.1, -0.05) is 12.1 Å². The van der Waals surface area contributed by atoms with Gasteiger partial charge in [-0.25, -0.2) is 0 Å². The zero-order chi connectivity index (χ0) is 22.6. The predicted octanol–water partition coefficient (Wildman–Crippen LogP) is 3.83. The molecule has 3 fully saturated rings. The van der Waals surface area contributed by atoms with Gasteiger partial charge in [0.1, 0.15) is 0 Å². The Hall–Kier alpha value is -2.41. The number of carbonyl (C=O) groups excluding carboxylic acids is 1. The van der Waals surface area contributed by atoms with Gasteiger partial charge in [-0.3, -0.25) is 14.6 Å². The van der Waals surface area contributed by atoms with Crippen LogP contribution in [0.25, 0.3) is 0 Å². The molecular weight excluding hydrogens is 412 g/mol. The Morgan fingerprint density at radius 3 is 2.42 bits per heavy atom. The molecule has 0 aliphatic carbocycles. The van der Waals surface area contributed by atoms with Crippen molar-refractivity contribution in [2.45, 2.75) is 44.8 Å². The lowest BCUT2D eigenvalue weighted by Crippen LogP contribution is -2.39. The van der Waals surface area contributed by atoms with Gasteiger partial charge in [0.25, 0.3) is 5.91 Å². The molecule has 0 spiro atoms. The highest BCUT2D eigenvalue weighted by Crippen LogP contribution is 2.28. The summed E-state index contributed by atoms with van der Waals surface area (Å²) in [6.07, 6.45) is 3.91. The lowest BCUT2D eigenvalue weighted by Gasteiger charge is -2.28. The van der Waals surface area contributed by atoms with Crippen LogP contribution < -0.4 is 10.2 Å². The lowest BCUT2D eigenvalue weighted by molar-refractivity contribution is 0.0342.